The van der Waals surface area contributed by atoms with Crippen molar-refractivity contribution in [3.63, 3.8) is 0 Å². The highest BCUT2D eigenvalue weighted by molar-refractivity contribution is 5.89. The van der Waals surface area contributed by atoms with Gasteiger partial charge in [-0.25, -0.2) is 4.79 Å². The lowest BCUT2D eigenvalue weighted by Crippen LogP contribution is -2.28. The van der Waals surface area contributed by atoms with Gasteiger partial charge in [-0.3, -0.25) is 0 Å². The van der Waals surface area contributed by atoms with Crippen molar-refractivity contribution < 1.29 is 23.5 Å². The van der Waals surface area contributed by atoms with Gasteiger partial charge in [0.2, 0.25) is 18.5 Å². The normalized spacial score (nSPS) is 11.9. The maximum Gasteiger partial charge on any atom is 0.319 e. The number of aromatic nitrogens is 2. The maximum absolute atomic E-state index is 12.0. The van der Waals surface area contributed by atoms with Crippen molar-refractivity contribution >= 4 is 11.7 Å². The fourth-order valence-electron chi connectivity index (χ4n) is 2.61. The molecular formula is C19H18N4O5. The minimum Gasteiger partial charge on any atom is -0.494 e. The van der Waals surface area contributed by atoms with Gasteiger partial charge < -0.3 is 29.4 Å². The van der Waals surface area contributed by atoms with Crippen LogP contribution in [0.15, 0.2) is 47.0 Å². The summed E-state index contributed by atoms with van der Waals surface area (Å²) in [6.45, 7) is 2.80. The van der Waals surface area contributed by atoms with Crippen LogP contribution >= 0.6 is 0 Å². The molecule has 0 radical (unpaired) electrons. The summed E-state index contributed by atoms with van der Waals surface area (Å²) in [7, 11) is 0. The molecule has 0 bridgehead atoms. The molecule has 1 aliphatic heterocycles. The number of fused-ring (bicyclic) bond motifs is 1. The van der Waals surface area contributed by atoms with Crippen LogP contribution in [0.2, 0.25) is 0 Å². The van der Waals surface area contributed by atoms with E-state index in [-0.39, 0.29) is 25.3 Å². The highest BCUT2D eigenvalue weighted by Gasteiger charge is 2.16. The Morgan fingerprint density at radius 3 is 2.79 bits per heavy atom. The summed E-state index contributed by atoms with van der Waals surface area (Å²) < 4.78 is 21.2. The Morgan fingerprint density at radius 2 is 1.96 bits per heavy atom. The average Bonchev–Trinajstić information content (AvgIpc) is 3.37. The SMILES string of the molecule is CCOc1ccc(NC(=O)NCc2nc(-c3ccc4c(c3)OCO4)no2)cc1. The third-order valence-corrected chi connectivity index (χ3v) is 3.92. The van der Waals surface area contributed by atoms with Gasteiger partial charge in [0.15, 0.2) is 11.5 Å². The van der Waals surface area contributed by atoms with Crippen molar-refractivity contribution in [2.45, 2.75) is 13.5 Å². The van der Waals surface area contributed by atoms with Crippen LogP contribution in [0.5, 0.6) is 17.2 Å². The largest absolute Gasteiger partial charge is 0.494 e. The van der Waals surface area contributed by atoms with E-state index < -0.39 is 0 Å². The van der Waals surface area contributed by atoms with Crippen molar-refractivity contribution in [1.29, 1.82) is 0 Å². The summed E-state index contributed by atoms with van der Waals surface area (Å²) in [6.07, 6.45) is 0. The Kier molecular flexibility index (Phi) is 4.96. The van der Waals surface area contributed by atoms with Gasteiger partial charge in [-0.2, -0.15) is 4.98 Å². The van der Waals surface area contributed by atoms with Crippen LogP contribution in [-0.2, 0) is 6.54 Å². The second-order valence-corrected chi connectivity index (χ2v) is 5.84. The van der Waals surface area contributed by atoms with Gasteiger partial charge in [0, 0.05) is 11.3 Å². The summed E-state index contributed by atoms with van der Waals surface area (Å²) in [5.41, 5.74) is 1.38. The fraction of sp³-hybridized carbons (Fsp3) is 0.211. The molecule has 0 fully saturated rings. The second kappa shape index (κ2) is 7.87. The molecule has 0 saturated carbocycles. The van der Waals surface area contributed by atoms with E-state index in [0.29, 0.717) is 29.6 Å². The molecule has 0 unspecified atom stereocenters. The molecule has 2 heterocycles. The van der Waals surface area contributed by atoms with Crippen LogP contribution in [-0.4, -0.2) is 29.6 Å². The zero-order valence-electron chi connectivity index (χ0n) is 15.1. The number of anilines is 1. The molecule has 9 nitrogen and oxygen atoms in total. The Hall–Kier alpha value is -3.75. The number of benzene rings is 2. The van der Waals surface area contributed by atoms with Gasteiger partial charge in [0.1, 0.15) is 5.75 Å². The number of nitrogens with one attached hydrogen (secondary N) is 2. The first-order valence-electron chi connectivity index (χ1n) is 8.71. The first kappa shape index (κ1) is 17.7. The number of hydrogen-bond acceptors (Lipinski definition) is 7. The average molecular weight is 382 g/mol. The van der Waals surface area contributed by atoms with Crippen molar-refractivity contribution in [3.8, 4) is 28.6 Å². The molecule has 1 aliphatic rings. The van der Waals surface area contributed by atoms with Gasteiger partial charge in [0.25, 0.3) is 0 Å². The predicted octanol–water partition coefficient (Wildman–Crippen LogP) is 3.19. The molecule has 3 aromatic rings. The van der Waals surface area contributed by atoms with Crippen LogP contribution in [0.3, 0.4) is 0 Å². The lowest BCUT2D eigenvalue weighted by molar-refractivity contribution is 0.174. The number of nitrogens with zero attached hydrogens (tertiary/aromatic N) is 2. The van der Waals surface area contributed by atoms with Gasteiger partial charge >= 0.3 is 6.03 Å². The van der Waals surface area contributed by atoms with Crippen LogP contribution in [0, 0.1) is 0 Å². The Balaban J connectivity index is 1.32. The molecule has 28 heavy (non-hydrogen) atoms. The Labute approximate surface area is 160 Å². The van der Waals surface area contributed by atoms with Crippen molar-refractivity contribution in [2.75, 3.05) is 18.7 Å². The minimum atomic E-state index is -0.382. The van der Waals surface area contributed by atoms with E-state index in [1.807, 2.05) is 13.0 Å². The van der Waals surface area contributed by atoms with Gasteiger partial charge in [-0.1, -0.05) is 5.16 Å². The van der Waals surface area contributed by atoms with Crippen LogP contribution in [0.1, 0.15) is 12.8 Å². The van der Waals surface area contributed by atoms with Crippen LogP contribution < -0.4 is 24.8 Å². The quantitative estimate of drug-likeness (QED) is 0.674. The standard InChI is InChI=1S/C19H18N4O5/c1-2-25-14-6-4-13(5-7-14)21-19(24)20-10-17-22-18(23-28-17)12-3-8-15-16(9-12)27-11-26-15/h3-9H,2,10-11H2,1H3,(H2,20,21,24). The summed E-state index contributed by atoms with van der Waals surface area (Å²) in [5.74, 6) is 2.75. The molecule has 0 atom stereocenters. The van der Waals surface area contributed by atoms with Gasteiger partial charge in [-0.15, -0.1) is 0 Å². The number of ether oxygens (including phenoxy) is 3. The first-order chi connectivity index (χ1) is 13.7. The maximum atomic E-state index is 12.0. The van der Waals surface area contributed by atoms with E-state index in [9.17, 15) is 4.79 Å². The van der Waals surface area contributed by atoms with Crippen molar-refractivity contribution in [2.24, 2.45) is 0 Å². The highest BCUT2D eigenvalue weighted by atomic mass is 16.7. The smallest absolute Gasteiger partial charge is 0.319 e. The number of carbonyl (C=O) groups excluding carboxylic acids is 1. The van der Waals surface area contributed by atoms with E-state index in [0.717, 1.165) is 11.3 Å². The van der Waals surface area contributed by atoms with E-state index in [2.05, 4.69) is 20.8 Å². The zero-order valence-corrected chi connectivity index (χ0v) is 15.1. The molecule has 4 rings (SSSR count). The monoisotopic (exact) mass is 382 g/mol. The molecule has 144 valence electrons. The second-order valence-electron chi connectivity index (χ2n) is 5.84. The van der Waals surface area contributed by atoms with Crippen molar-refractivity contribution in [1.82, 2.24) is 15.5 Å². The van der Waals surface area contributed by atoms with Crippen molar-refractivity contribution in [3.05, 3.63) is 48.4 Å². The highest BCUT2D eigenvalue weighted by Crippen LogP contribution is 2.35. The third kappa shape index (κ3) is 3.98. The molecule has 0 saturated heterocycles. The number of amides is 2. The van der Waals surface area contributed by atoms with E-state index in [1.54, 1.807) is 36.4 Å². The number of rotatable bonds is 6. The van der Waals surface area contributed by atoms with E-state index in [4.69, 9.17) is 18.7 Å². The van der Waals surface area contributed by atoms with Gasteiger partial charge in [-0.05, 0) is 49.4 Å². The van der Waals surface area contributed by atoms with E-state index >= 15 is 0 Å². The molecular weight excluding hydrogens is 364 g/mol. The Morgan fingerprint density at radius 1 is 1.14 bits per heavy atom. The number of hydrogen-bond donors (Lipinski definition) is 2. The zero-order chi connectivity index (χ0) is 19.3. The molecule has 0 spiro atoms. The van der Waals surface area contributed by atoms with Crippen LogP contribution in [0.25, 0.3) is 11.4 Å². The summed E-state index contributed by atoms with van der Waals surface area (Å²) in [4.78, 5) is 16.3. The molecule has 2 amide bonds. The minimum absolute atomic E-state index is 0.0976. The number of urea groups is 1. The van der Waals surface area contributed by atoms with Crippen LogP contribution in [0.4, 0.5) is 10.5 Å². The fourth-order valence-corrected chi connectivity index (χ4v) is 2.61. The molecule has 2 N–H and O–H groups in total. The predicted molar refractivity (Wildman–Crippen MR) is 99.3 cm³/mol. The topological polar surface area (TPSA) is 108 Å². The number of carbonyl (C=O) groups is 1. The lowest BCUT2D eigenvalue weighted by atomic mass is 10.2. The Bertz CT molecular complexity index is 971. The first-order valence-corrected chi connectivity index (χ1v) is 8.71. The summed E-state index contributed by atoms with van der Waals surface area (Å²) in [6, 6.07) is 12.1. The lowest BCUT2D eigenvalue weighted by Gasteiger charge is -2.07. The third-order valence-electron chi connectivity index (χ3n) is 3.92. The molecule has 9 heteroatoms. The molecule has 2 aromatic carbocycles. The summed E-state index contributed by atoms with van der Waals surface area (Å²) >= 11 is 0. The summed E-state index contributed by atoms with van der Waals surface area (Å²) in [5, 5.41) is 9.33. The van der Waals surface area contributed by atoms with E-state index in [1.165, 1.54) is 0 Å². The molecule has 0 aliphatic carbocycles. The molecule has 1 aromatic heterocycles. The van der Waals surface area contributed by atoms with Gasteiger partial charge in [0.05, 0.1) is 13.2 Å².